The smallest absolute Gasteiger partial charge is 0.256 e. The summed E-state index contributed by atoms with van der Waals surface area (Å²) in [6, 6.07) is 3.68. The zero-order valence-electron chi connectivity index (χ0n) is 10.2. The third-order valence-electron chi connectivity index (χ3n) is 2.63. The average Bonchev–Trinajstić information content (AvgIpc) is 2.27. The Morgan fingerprint density at radius 2 is 2.24 bits per heavy atom. The van der Waals surface area contributed by atoms with Crippen LogP contribution in [-0.4, -0.2) is 37.6 Å². The van der Waals surface area contributed by atoms with Gasteiger partial charge in [0.1, 0.15) is 5.82 Å². The van der Waals surface area contributed by atoms with E-state index in [1.807, 2.05) is 6.92 Å². The van der Waals surface area contributed by atoms with Gasteiger partial charge in [0.2, 0.25) is 0 Å². The van der Waals surface area contributed by atoms with Crippen molar-refractivity contribution < 1.29 is 13.9 Å². The monoisotopic (exact) mass is 240 g/mol. The molecule has 1 unspecified atom stereocenters. The van der Waals surface area contributed by atoms with Crippen molar-refractivity contribution in [3.8, 4) is 0 Å². The first kappa shape index (κ1) is 13.4. The Hall–Kier alpha value is -1.62. The fourth-order valence-electron chi connectivity index (χ4n) is 1.47. The number of nitrogens with two attached hydrogens (primary N) is 1. The van der Waals surface area contributed by atoms with Gasteiger partial charge in [0, 0.05) is 19.8 Å². The highest BCUT2D eigenvalue weighted by molar-refractivity contribution is 5.99. The summed E-state index contributed by atoms with van der Waals surface area (Å²) in [6.07, 6.45) is 0. The Balaban J connectivity index is 2.88. The fraction of sp³-hybridized carbons (Fsp3) is 0.417. The molecule has 0 aromatic heterocycles. The van der Waals surface area contributed by atoms with Gasteiger partial charge < -0.3 is 15.4 Å². The number of likely N-dealkylation sites (N-methyl/N-ethyl adjacent to an activating group) is 1. The summed E-state index contributed by atoms with van der Waals surface area (Å²) in [4.78, 5) is 13.6. The molecule has 0 bridgehead atoms. The minimum Gasteiger partial charge on any atom is -0.398 e. The Bertz CT molecular complexity index is 409. The fourth-order valence-corrected chi connectivity index (χ4v) is 1.47. The topological polar surface area (TPSA) is 55.6 Å². The molecular weight excluding hydrogens is 223 g/mol. The molecule has 0 fully saturated rings. The maximum Gasteiger partial charge on any atom is 0.256 e. The van der Waals surface area contributed by atoms with Crippen molar-refractivity contribution >= 4 is 11.6 Å². The molecule has 1 amide bonds. The van der Waals surface area contributed by atoms with Crippen molar-refractivity contribution in [2.75, 3.05) is 26.5 Å². The first-order chi connectivity index (χ1) is 7.97. The van der Waals surface area contributed by atoms with Gasteiger partial charge in [-0.05, 0) is 25.1 Å². The molecule has 0 spiro atoms. The van der Waals surface area contributed by atoms with Gasteiger partial charge in [0.05, 0.1) is 18.2 Å². The summed E-state index contributed by atoms with van der Waals surface area (Å²) in [6.45, 7) is 2.30. The van der Waals surface area contributed by atoms with Crippen LogP contribution >= 0.6 is 0 Å². The number of benzene rings is 1. The Morgan fingerprint density at radius 1 is 1.59 bits per heavy atom. The maximum atomic E-state index is 12.9. The summed E-state index contributed by atoms with van der Waals surface area (Å²) < 4.78 is 17.8. The van der Waals surface area contributed by atoms with Gasteiger partial charge in [-0.25, -0.2) is 4.39 Å². The second-order valence-corrected chi connectivity index (χ2v) is 3.95. The van der Waals surface area contributed by atoms with Gasteiger partial charge in [0.25, 0.3) is 5.91 Å². The number of halogens is 1. The molecule has 0 aliphatic heterocycles. The highest BCUT2D eigenvalue weighted by Gasteiger charge is 2.19. The van der Waals surface area contributed by atoms with E-state index in [0.29, 0.717) is 12.2 Å². The first-order valence-corrected chi connectivity index (χ1v) is 5.28. The normalized spacial score (nSPS) is 12.2. The number of carbonyl (C=O) groups excluding carboxylic acids is 1. The van der Waals surface area contributed by atoms with Crippen molar-refractivity contribution in [3.05, 3.63) is 29.6 Å². The molecule has 0 saturated carbocycles. The lowest BCUT2D eigenvalue weighted by atomic mass is 10.1. The van der Waals surface area contributed by atoms with Crippen LogP contribution in [0.1, 0.15) is 17.3 Å². The highest BCUT2D eigenvalue weighted by Crippen LogP contribution is 2.16. The Labute approximate surface area is 100 Å². The van der Waals surface area contributed by atoms with Crippen LogP contribution in [0.25, 0.3) is 0 Å². The van der Waals surface area contributed by atoms with Gasteiger partial charge >= 0.3 is 0 Å². The van der Waals surface area contributed by atoms with Crippen molar-refractivity contribution in [1.82, 2.24) is 4.90 Å². The van der Waals surface area contributed by atoms with Gasteiger partial charge in [-0.2, -0.15) is 0 Å². The number of methoxy groups -OCH3 is 1. The zero-order valence-corrected chi connectivity index (χ0v) is 10.2. The van der Waals surface area contributed by atoms with Crippen LogP contribution in [0.5, 0.6) is 0 Å². The van der Waals surface area contributed by atoms with E-state index in [0.717, 1.165) is 6.07 Å². The lowest BCUT2D eigenvalue weighted by Crippen LogP contribution is -2.38. The van der Waals surface area contributed by atoms with Gasteiger partial charge in [0.15, 0.2) is 0 Å². The maximum absolute atomic E-state index is 12.9. The lowest BCUT2D eigenvalue weighted by molar-refractivity contribution is 0.0634. The molecule has 1 rings (SSSR count). The van der Waals surface area contributed by atoms with E-state index >= 15 is 0 Å². The van der Waals surface area contributed by atoms with E-state index in [1.54, 1.807) is 14.2 Å². The van der Waals surface area contributed by atoms with E-state index in [-0.39, 0.29) is 17.6 Å². The quantitative estimate of drug-likeness (QED) is 0.812. The average molecular weight is 240 g/mol. The molecule has 94 valence electrons. The van der Waals surface area contributed by atoms with Gasteiger partial charge in [-0.1, -0.05) is 0 Å². The second-order valence-electron chi connectivity index (χ2n) is 3.95. The first-order valence-electron chi connectivity index (χ1n) is 5.28. The molecule has 0 aliphatic rings. The molecule has 0 heterocycles. The van der Waals surface area contributed by atoms with Crippen LogP contribution in [0, 0.1) is 5.82 Å². The van der Waals surface area contributed by atoms with E-state index in [9.17, 15) is 9.18 Å². The second kappa shape index (κ2) is 5.63. The van der Waals surface area contributed by atoms with Crippen LogP contribution in [0.4, 0.5) is 10.1 Å². The van der Waals surface area contributed by atoms with Gasteiger partial charge in [-0.15, -0.1) is 0 Å². The van der Waals surface area contributed by atoms with Crippen molar-refractivity contribution in [3.63, 3.8) is 0 Å². The third-order valence-corrected chi connectivity index (χ3v) is 2.63. The number of ether oxygens (including phenoxy) is 1. The predicted octanol–water partition coefficient (Wildman–Crippen LogP) is 1.51. The molecule has 0 aliphatic carbocycles. The van der Waals surface area contributed by atoms with Crippen molar-refractivity contribution in [2.24, 2.45) is 0 Å². The number of hydrogen-bond acceptors (Lipinski definition) is 3. The Kier molecular flexibility index (Phi) is 4.45. The number of anilines is 1. The largest absolute Gasteiger partial charge is 0.398 e. The molecule has 1 atom stereocenters. The lowest BCUT2D eigenvalue weighted by Gasteiger charge is -2.24. The van der Waals surface area contributed by atoms with Crippen LogP contribution in [0.15, 0.2) is 18.2 Å². The van der Waals surface area contributed by atoms with E-state index in [4.69, 9.17) is 10.5 Å². The summed E-state index contributed by atoms with van der Waals surface area (Å²) in [5, 5.41) is 0. The standard InChI is InChI=1S/C12H17FN2O2/c1-8(7-17-3)15(2)12(16)10-5-4-9(13)6-11(10)14/h4-6,8H,7,14H2,1-3H3. The third kappa shape index (κ3) is 3.17. The summed E-state index contributed by atoms with van der Waals surface area (Å²) >= 11 is 0. The van der Waals surface area contributed by atoms with Crippen molar-refractivity contribution in [2.45, 2.75) is 13.0 Å². The van der Waals surface area contributed by atoms with E-state index in [1.165, 1.54) is 17.0 Å². The summed E-state index contributed by atoms with van der Waals surface area (Å²) in [5.41, 5.74) is 6.06. The molecule has 2 N–H and O–H groups in total. The zero-order chi connectivity index (χ0) is 13.0. The SMILES string of the molecule is COCC(C)N(C)C(=O)c1ccc(F)cc1N. The van der Waals surface area contributed by atoms with E-state index in [2.05, 4.69) is 0 Å². The molecule has 5 heteroatoms. The number of hydrogen-bond donors (Lipinski definition) is 1. The van der Waals surface area contributed by atoms with Crippen LogP contribution in [0.3, 0.4) is 0 Å². The van der Waals surface area contributed by atoms with Crippen molar-refractivity contribution in [1.29, 1.82) is 0 Å². The number of nitrogens with zero attached hydrogens (tertiary/aromatic N) is 1. The van der Waals surface area contributed by atoms with Gasteiger partial charge in [-0.3, -0.25) is 4.79 Å². The highest BCUT2D eigenvalue weighted by atomic mass is 19.1. The van der Waals surface area contributed by atoms with Crippen LogP contribution in [-0.2, 0) is 4.74 Å². The number of nitrogen functional groups attached to an aromatic ring is 1. The molecular formula is C12H17FN2O2. The molecule has 0 saturated heterocycles. The van der Waals surface area contributed by atoms with E-state index < -0.39 is 5.82 Å². The summed E-state index contributed by atoms with van der Waals surface area (Å²) in [7, 11) is 3.23. The number of rotatable bonds is 4. The molecule has 4 nitrogen and oxygen atoms in total. The van der Waals surface area contributed by atoms with Crippen LogP contribution in [0.2, 0.25) is 0 Å². The minimum atomic E-state index is -0.452. The number of amides is 1. The summed E-state index contributed by atoms with van der Waals surface area (Å²) in [5.74, 6) is -0.696. The molecule has 1 aromatic rings. The molecule has 17 heavy (non-hydrogen) atoms. The molecule has 1 aromatic carbocycles. The number of carbonyl (C=O) groups is 1. The minimum absolute atomic E-state index is 0.0723. The molecule has 0 radical (unpaired) electrons. The Morgan fingerprint density at radius 3 is 2.76 bits per heavy atom. The predicted molar refractivity (Wildman–Crippen MR) is 64.2 cm³/mol. The van der Waals surface area contributed by atoms with Crippen LogP contribution < -0.4 is 5.73 Å².